The van der Waals surface area contributed by atoms with E-state index in [9.17, 15) is 0 Å². The van der Waals surface area contributed by atoms with Gasteiger partial charge in [0.05, 0.1) is 12.3 Å². The summed E-state index contributed by atoms with van der Waals surface area (Å²) in [5.41, 5.74) is 2.69. The van der Waals surface area contributed by atoms with Crippen LogP contribution in [0.2, 0.25) is 0 Å². The summed E-state index contributed by atoms with van der Waals surface area (Å²) in [6.45, 7) is 8.07. The van der Waals surface area contributed by atoms with E-state index in [0.29, 0.717) is 5.92 Å². The molecule has 1 atom stereocenters. The number of nitrogens with one attached hydrogen (secondary N) is 1. The van der Waals surface area contributed by atoms with Crippen molar-refractivity contribution >= 4 is 5.82 Å². The Hall–Kier alpha value is -1.13. The number of ether oxygens (including phenoxy) is 1. The van der Waals surface area contributed by atoms with Crippen LogP contribution >= 0.6 is 0 Å². The van der Waals surface area contributed by atoms with Crippen LogP contribution in [0.5, 0.6) is 0 Å². The third-order valence-electron chi connectivity index (χ3n) is 4.03. The minimum Gasteiger partial charge on any atom is -0.380 e. The maximum atomic E-state index is 5.52. The van der Waals surface area contributed by atoms with Crippen LogP contribution in [0.3, 0.4) is 0 Å². The molecule has 104 valence electrons. The molecular weight excluding hydrogens is 238 g/mol. The molecule has 0 bridgehead atoms. The van der Waals surface area contributed by atoms with Crippen LogP contribution in [0, 0.1) is 0 Å². The Kier molecular flexibility index (Phi) is 3.99. The molecule has 0 radical (unpaired) electrons. The van der Waals surface area contributed by atoms with Gasteiger partial charge in [-0.2, -0.15) is 0 Å². The number of hydrogen-bond donors (Lipinski definition) is 1. The summed E-state index contributed by atoms with van der Waals surface area (Å²) < 4.78 is 5.52. The van der Waals surface area contributed by atoms with Crippen LogP contribution < -0.4 is 10.2 Å². The highest BCUT2D eigenvalue weighted by molar-refractivity contribution is 5.43. The van der Waals surface area contributed by atoms with Gasteiger partial charge in [-0.05, 0) is 31.0 Å². The molecule has 1 aromatic heterocycles. The summed E-state index contributed by atoms with van der Waals surface area (Å²) in [6, 6.07) is 4.45. The first-order valence-corrected chi connectivity index (χ1v) is 7.38. The minimum absolute atomic E-state index is 0.501. The summed E-state index contributed by atoms with van der Waals surface area (Å²) in [5, 5.41) is 3.48. The van der Waals surface area contributed by atoms with Gasteiger partial charge in [-0.3, -0.25) is 0 Å². The van der Waals surface area contributed by atoms with Crippen molar-refractivity contribution in [2.75, 3.05) is 44.3 Å². The summed E-state index contributed by atoms with van der Waals surface area (Å²) in [7, 11) is 0. The van der Waals surface area contributed by atoms with E-state index < -0.39 is 0 Å². The molecule has 0 spiro atoms. The van der Waals surface area contributed by atoms with Gasteiger partial charge >= 0.3 is 0 Å². The van der Waals surface area contributed by atoms with Crippen molar-refractivity contribution in [3.63, 3.8) is 0 Å². The Morgan fingerprint density at radius 3 is 3.21 bits per heavy atom. The fourth-order valence-corrected chi connectivity index (χ4v) is 2.92. The molecule has 2 aliphatic rings. The number of hydrogen-bond acceptors (Lipinski definition) is 4. The fourth-order valence-electron chi connectivity index (χ4n) is 2.92. The second kappa shape index (κ2) is 5.88. The van der Waals surface area contributed by atoms with Crippen molar-refractivity contribution in [1.29, 1.82) is 0 Å². The van der Waals surface area contributed by atoms with E-state index in [0.717, 1.165) is 58.1 Å². The first-order valence-electron chi connectivity index (χ1n) is 7.38. The third kappa shape index (κ3) is 2.90. The zero-order valence-corrected chi connectivity index (χ0v) is 11.7. The van der Waals surface area contributed by atoms with Crippen LogP contribution in [0.1, 0.15) is 30.5 Å². The van der Waals surface area contributed by atoms with Crippen molar-refractivity contribution in [2.45, 2.75) is 25.7 Å². The molecule has 1 aromatic rings. The van der Waals surface area contributed by atoms with Gasteiger partial charge in [0.1, 0.15) is 5.82 Å². The highest BCUT2D eigenvalue weighted by Gasteiger charge is 2.18. The van der Waals surface area contributed by atoms with Crippen molar-refractivity contribution in [2.24, 2.45) is 0 Å². The van der Waals surface area contributed by atoms with Gasteiger partial charge in [-0.15, -0.1) is 0 Å². The lowest BCUT2D eigenvalue weighted by Gasteiger charge is -2.23. The molecule has 3 rings (SSSR count). The molecule has 0 aromatic carbocycles. The first-order chi connectivity index (χ1) is 9.34. The van der Waals surface area contributed by atoms with E-state index >= 15 is 0 Å². The van der Waals surface area contributed by atoms with Crippen molar-refractivity contribution < 1.29 is 4.74 Å². The summed E-state index contributed by atoms with van der Waals surface area (Å²) in [6.07, 6.45) is 2.19. The Labute approximate surface area is 115 Å². The maximum Gasteiger partial charge on any atom is 0.128 e. The van der Waals surface area contributed by atoms with Crippen LogP contribution in [0.15, 0.2) is 12.1 Å². The van der Waals surface area contributed by atoms with Gasteiger partial charge in [0, 0.05) is 32.2 Å². The maximum absolute atomic E-state index is 5.52. The van der Waals surface area contributed by atoms with Crippen molar-refractivity contribution in [3.05, 3.63) is 23.4 Å². The molecule has 19 heavy (non-hydrogen) atoms. The molecule has 1 N–H and O–H groups in total. The Morgan fingerprint density at radius 1 is 1.32 bits per heavy atom. The first kappa shape index (κ1) is 12.9. The normalized spacial score (nSPS) is 24.5. The SMILES string of the molecule is C[C@@H]1CNCCc2ccc(N3CCCOCC3)nc21. The molecule has 4 heteroatoms. The highest BCUT2D eigenvalue weighted by Crippen LogP contribution is 2.24. The van der Waals surface area contributed by atoms with Gasteiger partial charge in [0.2, 0.25) is 0 Å². The summed E-state index contributed by atoms with van der Waals surface area (Å²) in [4.78, 5) is 7.31. The van der Waals surface area contributed by atoms with E-state index in [4.69, 9.17) is 9.72 Å². The number of aromatic nitrogens is 1. The molecule has 0 saturated carbocycles. The average molecular weight is 261 g/mol. The second-order valence-corrected chi connectivity index (χ2v) is 5.52. The van der Waals surface area contributed by atoms with Gasteiger partial charge in [0.15, 0.2) is 0 Å². The lowest BCUT2D eigenvalue weighted by molar-refractivity contribution is 0.152. The van der Waals surface area contributed by atoms with Crippen LogP contribution in [0.4, 0.5) is 5.82 Å². The van der Waals surface area contributed by atoms with Gasteiger partial charge in [-0.25, -0.2) is 4.98 Å². The van der Waals surface area contributed by atoms with Gasteiger partial charge in [-0.1, -0.05) is 13.0 Å². The number of fused-ring (bicyclic) bond motifs is 1. The Balaban J connectivity index is 1.86. The van der Waals surface area contributed by atoms with Gasteiger partial charge in [0.25, 0.3) is 0 Å². The lowest BCUT2D eigenvalue weighted by Crippen LogP contribution is -2.27. The van der Waals surface area contributed by atoms with Gasteiger partial charge < -0.3 is 15.0 Å². The Morgan fingerprint density at radius 2 is 2.26 bits per heavy atom. The molecule has 0 unspecified atom stereocenters. The summed E-state index contributed by atoms with van der Waals surface area (Å²) >= 11 is 0. The predicted octanol–water partition coefficient (Wildman–Crippen LogP) is 1.56. The second-order valence-electron chi connectivity index (χ2n) is 5.52. The lowest BCUT2D eigenvalue weighted by atomic mass is 10.0. The number of anilines is 1. The summed E-state index contributed by atoms with van der Waals surface area (Å²) in [5.74, 6) is 1.62. The number of rotatable bonds is 1. The largest absolute Gasteiger partial charge is 0.380 e. The highest BCUT2D eigenvalue weighted by atomic mass is 16.5. The molecule has 2 aliphatic heterocycles. The molecule has 1 saturated heterocycles. The predicted molar refractivity (Wildman–Crippen MR) is 76.9 cm³/mol. The van der Waals surface area contributed by atoms with E-state index in [1.807, 2.05) is 0 Å². The van der Waals surface area contributed by atoms with E-state index in [1.165, 1.54) is 11.3 Å². The molecular formula is C15H23N3O. The third-order valence-corrected chi connectivity index (χ3v) is 4.03. The van der Waals surface area contributed by atoms with Crippen LogP contribution in [-0.2, 0) is 11.2 Å². The van der Waals surface area contributed by atoms with E-state index in [-0.39, 0.29) is 0 Å². The fraction of sp³-hybridized carbons (Fsp3) is 0.667. The van der Waals surface area contributed by atoms with E-state index in [1.54, 1.807) is 0 Å². The quantitative estimate of drug-likeness (QED) is 0.832. The van der Waals surface area contributed by atoms with Crippen molar-refractivity contribution in [3.8, 4) is 0 Å². The minimum atomic E-state index is 0.501. The monoisotopic (exact) mass is 261 g/mol. The smallest absolute Gasteiger partial charge is 0.128 e. The molecule has 3 heterocycles. The Bertz CT molecular complexity index is 427. The zero-order chi connectivity index (χ0) is 13.1. The average Bonchev–Trinajstić information content (AvgIpc) is 2.80. The molecule has 4 nitrogen and oxygen atoms in total. The molecule has 1 fully saturated rings. The number of pyridine rings is 1. The van der Waals surface area contributed by atoms with E-state index in [2.05, 4.69) is 29.3 Å². The standard InChI is InChI=1S/C15H23N3O/c1-12-11-16-6-5-13-3-4-14(17-15(12)13)18-7-2-9-19-10-8-18/h3-4,12,16H,2,5-11H2,1H3/t12-/m1/s1. The zero-order valence-electron chi connectivity index (χ0n) is 11.7. The molecule has 0 amide bonds. The topological polar surface area (TPSA) is 37.4 Å². The van der Waals surface area contributed by atoms with Crippen LogP contribution in [-0.4, -0.2) is 44.4 Å². The van der Waals surface area contributed by atoms with Crippen molar-refractivity contribution in [1.82, 2.24) is 10.3 Å². The number of nitrogens with zero attached hydrogens (tertiary/aromatic N) is 2. The van der Waals surface area contributed by atoms with Crippen LogP contribution in [0.25, 0.3) is 0 Å². The molecule has 0 aliphatic carbocycles.